The number of rotatable bonds is 5. The molecule has 0 bridgehead atoms. The van der Waals surface area contributed by atoms with E-state index in [9.17, 15) is 9.59 Å². The zero-order valence-corrected chi connectivity index (χ0v) is 19.6. The van der Waals surface area contributed by atoms with E-state index in [1.807, 2.05) is 0 Å². The number of benzene rings is 1. The summed E-state index contributed by atoms with van der Waals surface area (Å²) >= 11 is 6.35. The summed E-state index contributed by atoms with van der Waals surface area (Å²) in [6, 6.07) is 4.41. The van der Waals surface area contributed by atoms with Gasteiger partial charge in [0.1, 0.15) is 11.4 Å². The van der Waals surface area contributed by atoms with E-state index in [0.717, 1.165) is 19.3 Å². The molecule has 4 rings (SSSR count). The van der Waals surface area contributed by atoms with Crippen LogP contribution in [-0.4, -0.2) is 40.2 Å². The molecule has 32 heavy (non-hydrogen) atoms. The van der Waals surface area contributed by atoms with Crippen LogP contribution in [0.5, 0.6) is 0 Å². The fraction of sp³-hybridized carbons (Fsp3) is 0.609. The number of carbonyl (C=O) groups excluding carboxylic acids is 1. The molecule has 4 atom stereocenters. The predicted octanol–water partition coefficient (Wildman–Crippen LogP) is 4.49. The van der Waals surface area contributed by atoms with Gasteiger partial charge in [-0.3, -0.25) is 9.36 Å². The first-order valence-electron chi connectivity index (χ1n) is 11.1. The van der Waals surface area contributed by atoms with Gasteiger partial charge in [-0.05, 0) is 65.5 Å². The van der Waals surface area contributed by atoms with Crippen molar-refractivity contribution in [2.75, 3.05) is 6.61 Å². The van der Waals surface area contributed by atoms with Crippen molar-refractivity contribution >= 4 is 28.6 Å². The van der Waals surface area contributed by atoms with Crippen LogP contribution in [0.15, 0.2) is 23.0 Å². The molecule has 0 spiro atoms. The van der Waals surface area contributed by atoms with Gasteiger partial charge in [-0.15, -0.1) is 0 Å². The number of nitrogens with zero attached hydrogens (tertiary/aromatic N) is 2. The lowest BCUT2D eigenvalue weighted by atomic mass is 10.2. The van der Waals surface area contributed by atoms with Crippen LogP contribution in [0.3, 0.4) is 0 Å². The highest BCUT2D eigenvalue weighted by molar-refractivity contribution is 6.35. The van der Waals surface area contributed by atoms with E-state index in [2.05, 4.69) is 5.32 Å². The molecule has 2 heterocycles. The SMILES string of the molecule is CC(NC(=O)OC(C)(C)C)c1nc2cccc(Cl)c2c(=O)n1C1CC1OC1CCCCO1. The number of aromatic nitrogens is 2. The number of carbonyl (C=O) groups is 1. The average molecular weight is 464 g/mol. The molecule has 1 saturated heterocycles. The summed E-state index contributed by atoms with van der Waals surface area (Å²) in [5, 5.41) is 3.51. The first-order chi connectivity index (χ1) is 15.1. The first-order valence-corrected chi connectivity index (χ1v) is 11.5. The van der Waals surface area contributed by atoms with E-state index in [0.29, 0.717) is 34.8 Å². The van der Waals surface area contributed by atoms with Crippen LogP contribution in [0, 0.1) is 0 Å². The van der Waals surface area contributed by atoms with E-state index in [1.54, 1.807) is 50.5 Å². The van der Waals surface area contributed by atoms with Crippen molar-refractivity contribution in [3.8, 4) is 0 Å². The van der Waals surface area contributed by atoms with Crippen LogP contribution in [0.25, 0.3) is 10.9 Å². The number of halogens is 1. The van der Waals surface area contributed by atoms with E-state index in [4.69, 9.17) is 30.8 Å². The Morgan fingerprint density at radius 3 is 2.81 bits per heavy atom. The van der Waals surface area contributed by atoms with Gasteiger partial charge in [0.2, 0.25) is 0 Å². The minimum absolute atomic E-state index is 0.148. The second kappa shape index (κ2) is 9.00. The third-order valence-electron chi connectivity index (χ3n) is 5.52. The normalized spacial score (nSPS) is 24.2. The lowest BCUT2D eigenvalue weighted by Crippen LogP contribution is -2.37. The minimum atomic E-state index is -0.636. The third kappa shape index (κ3) is 5.08. The predicted molar refractivity (Wildman–Crippen MR) is 121 cm³/mol. The Labute approximate surface area is 192 Å². The van der Waals surface area contributed by atoms with Crippen molar-refractivity contribution < 1.29 is 19.0 Å². The van der Waals surface area contributed by atoms with Crippen LogP contribution in [0.2, 0.25) is 5.02 Å². The van der Waals surface area contributed by atoms with Crippen LogP contribution in [0.1, 0.15) is 71.3 Å². The molecule has 9 heteroatoms. The van der Waals surface area contributed by atoms with Crippen LogP contribution in [0.4, 0.5) is 4.79 Å². The van der Waals surface area contributed by atoms with Gasteiger partial charge in [-0.2, -0.15) is 0 Å². The van der Waals surface area contributed by atoms with E-state index in [1.165, 1.54) is 0 Å². The third-order valence-corrected chi connectivity index (χ3v) is 5.84. The molecule has 1 aliphatic carbocycles. The molecule has 1 saturated carbocycles. The molecular weight excluding hydrogens is 434 g/mol. The molecule has 1 aromatic heterocycles. The number of ether oxygens (including phenoxy) is 3. The molecule has 2 aromatic rings. The summed E-state index contributed by atoms with van der Waals surface area (Å²) in [7, 11) is 0. The van der Waals surface area contributed by atoms with E-state index >= 15 is 0 Å². The molecule has 4 unspecified atom stereocenters. The highest BCUT2D eigenvalue weighted by Gasteiger charge is 2.44. The molecule has 1 amide bonds. The molecule has 1 aliphatic heterocycles. The van der Waals surface area contributed by atoms with Crippen LogP contribution in [-0.2, 0) is 14.2 Å². The number of amides is 1. The second-order valence-electron chi connectivity index (χ2n) is 9.42. The van der Waals surface area contributed by atoms with E-state index in [-0.39, 0.29) is 24.0 Å². The van der Waals surface area contributed by atoms with Crippen molar-refractivity contribution in [1.29, 1.82) is 0 Å². The average Bonchev–Trinajstić information content (AvgIpc) is 3.45. The summed E-state index contributed by atoms with van der Waals surface area (Å²) < 4.78 is 18.8. The van der Waals surface area contributed by atoms with Gasteiger partial charge in [0.05, 0.1) is 34.1 Å². The highest BCUT2D eigenvalue weighted by atomic mass is 35.5. The van der Waals surface area contributed by atoms with Gasteiger partial charge in [0.25, 0.3) is 5.56 Å². The quantitative estimate of drug-likeness (QED) is 0.702. The van der Waals surface area contributed by atoms with Crippen molar-refractivity contribution in [3.05, 3.63) is 39.4 Å². The fourth-order valence-corrected chi connectivity index (χ4v) is 4.24. The monoisotopic (exact) mass is 463 g/mol. The Morgan fingerprint density at radius 1 is 1.34 bits per heavy atom. The Bertz CT molecular complexity index is 1060. The summed E-state index contributed by atoms with van der Waals surface area (Å²) in [6.07, 6.45) is 2.66. The maximum absolute atomic E-state index is 13.5. The lowest BCUT2D eigenvalue weighted by molar-refractivity contribution is -0.170. The van der Waals surface area contributed by atoms with Crippen LogP contribution >= 0.6 is 11.6 Å². The number of alkyl carbamates (subject to hydrolysis) is 1. The summed E-state index contributed by atoms with van der Waals surface area (Å²) in [5.41, 5.74) is -0.391. The van der Waals surface area contributed by atoms with Gasteiger partial charge < -0.3 is 19.5 Å². The molecule has 1 aromatic carbocycles. The van der Waals surface area contributed by atoms with Gasteiger partial charge in [-0.1, -0.05) is 17.7 Å². The number of hydrogen-bond donors (Lipinski definition) is 1. The second-order valence-corrected chi connectivity index (χ2v) is 9.83. The molecular formula is C23H30ClN3O5. The molecule has 8 nitrogen and oxygen atoms in total. The number of nitrogens with one attached hydrogen (secondary N) is 1. The fourth-order valence-electron chi connectivity index (χ4n) is 3.99. The maximum Gasteiger partial charge on any atom is 0.408 e. The molecule has 2 aliphatic rings. The van der Waals surface area contributed by atoms with Gasteiger partial charge in [0, 0.05) is 6.61 Å². The van der Waals surface area contributed by atoms with Crippen LogP contribution < -0.4 is 10.9 Å². The smallest absolute Gasteiger partial charge is 0.408 e. The molecule has 174 valence electrons. The Balaban J connectivity index is 1.65. The summed E-state index contributed by atoms with van der Waals surface area (Å²) in [5.74, 6) is 0.441. The summed E-state index contributed by atoms with van der Waals surface area (Å²) in [4.78, 5) is 30.6. The van der Waals surface area contributed by atoms with Gasteiger partial charge >= 0.3 is 6.09 Å². The first kappa shape index (κ1) is 23.0. The Morgan fingerprint density at radius 2 is 2.12 bits per heavy atom. The molecule has 2 fully saturated rings. The van der Waals surface area contributed by atoms with Crippen molar-refractivity contribution in [1.82, 2.24) is 14.9 Å². The van der Waals surface area contributed by atoms with Crippen molar-refractivity contribution in [2.24, 2.45) is 0 Å². The van der Waals surface area contributed by atoms with Gasteiger partial charge in [0.15, 0.2) is 6.29 Å². The largest absolute Gasteiger partial charge is 0.444 e. The zero-order valence-electron chi connectivity index (χ0n) is 18.9. The standard InChI is InChI=1S/C23H30ClN3O5/c1-13(25-22(29)32-23(2,3)4)20-26-15-9-7-8-14(24)19(15)21(28)27(20)16-12-17(16)31-18-10-5-6-11-30-18/h7-9,13,16-18H,5-6,10-12H2,1-4H3,(H,25,29). The topological polar surface area (TPSA) is 91.7 Å². The van der Waals surface area contributed by atoms with Gasteiger partial charge in [-0.25, -0.2) is 9.78 Å². The number of fused-ring (bicyclic) bond motifs is 1. The lowest BCUT2D eigenvalue weighted by Gasteiger charge is -2.24. The molecule has 0 radical (unpaired) electrons. The maximum atomic E-state index is 13.5. The number of hydrogen-bond acceptors (Lipinski definition) is 6. The highest BCUT2D eigenvalue weighted by Crippen LogP contribution is 2.41. The van der Waals surface area contributed by atoms with Crippen molar-refractivity contribution in [3.63, 3.8) is 0 Å². The summed E-state index contributed by atoms with van der Waals surface area (Å²) in [6.45, 7) is 7.85. The Kier molecular flexibility index (Phi) is 6.47. The van der Waals surface area contributed by atoms with Crippen molar-refractivity contribution in [2.45, 2.75) is 83.5 Å². The van der Waals surface area contributed by atoms with E-state index < -0.39 is 17.7 Å². The molecule has 1 N–H and O–H groups in total. The minimum Gasteiger partial charge on any atom is -0.444 e. The zero-order chi connectivity index (χ0) is 23.0. The Hall–Kier alpha value is -2.16.